The maximum absolute atomic E-state index is 4.34. The van der Waals surface area contributed by atoms with Crippen molar-refractivity contribution in [1.29, 1.82) is 0 Å². The Kier molecular flexibility index (Phi) is 3.84. The van der Waals surface area contributed by atoms with Crippen molar-refractivity contribution >= 4 is 21.6 Å². The van der Waals surface area contributed by atoms with Crippen LogP contribution in [0.1, 0.15) is 18.3 Å². The molecule has 0 amide bonds. The third-order valence-electron chi connectivity index (χ3n) is 2.85. The molecule has 0 unspecified atom stereocenters. The van der Waals surface area contributed by atoms with E-state index in [0.717, 1.165) is 29.1 Å². The Morgan fingerprint density at radius 3 is 3.00 bits per heavy atom. The van der Waals surface area contributed by atoms with E-state index in [1.165, 1.54) is 5.56 Å². The second-order valence-electron chi connectivity index (χ2n) is 3.90. The zero-order valence-electron chi connectivity index (χ0n) is 10.1. The topological polar surface area (TPSA) is 29.9 Å². The second kappa shape index (κ2) is 5.36. The van der Waals surface area contributed by atoms with E-state index in [0.29, 0.717) is 0 Å². The molecule has 1 N–H and O–H groups in total. The number of nitrogens with one attached hydrogen (secondary N) is 1. The number of hydrogen-bond donors (Lipinski definition) is 1. The molecule has 90 valence electrons. The molecule has 1 aromatic carbocycles. The summed E-state index contributed by atoms with van der Waals surface area (Å²) in [6.45, 7) is 5.92. The van der Waals surface area contributed by atoms with Crippen molar-refractivity contribution in [1.82, 2.24) is 9.55 Å². The van der Waals surface area contributed by atoms with Gasteiger partial charge in [0.15, 0.2) is 0 Å². The summed E-state index contributed by atoms with van der Waals surface area (Å²) in [4.78, 5) is 4.34. The van der Waals surface area contributed by atoms with E-state index in [9.17, 15) is 0 Å². The lowest BCUT2D eigenvalue weighted by molar-refractivity contribution is 0.708. The predicted molar refractivity (Wildman–Crippen MR) is 74.1 cm³/mol. The molecule has 0 saturated carbocycles. The van der Waals surface area contributed by atoms with Gasteiger partial charge in [-0.05, 0) is 31.5 Å². The number of halogens is 1. The number of rotatable bonds is 4. The molecule has 1 aromatic heterocycles. The van der Waals surface area contributed by atoms with Crippen molar-refractivity contribution in [2.45, 2.75) is 26.9 Å². The van der Waals surface area contributed by atoms with Crippen molar-refractivity contribution in [2.24, 2.45) is 0 Å². The summed E-state index contributed by atoms with van der Waals surface area (Å²) < 4.78 is 3.27. The minimum absolute atomic E-state index is 0.748. The first-order valence-corrected chi connectivity index (χ1v) is 6.50. The molecule has 0 atom stereocenters. The first-order chi connectivity index (χ1) is 8.22. The molecule has 0 aliphatic carbocycles. The first-order valence-electron chi connectivity index (χ1n) is 5.71. The average molecular weight is 294 g/mol. The summed E-state index contributed by atoms with van der Waals surface area (Å²) in [7, 11) is 0. The number of benzene rings is 1. The molecule has 0 saturated heterocycles. The van der Waals surface area contributed by atoms with Gasteiger partial charge in [-0.1, -0.05) is 22.0 Å². The fraction of sp³-hybridized carbons (Fsp3) is 0.308. The standard InChI is InChI=1S/C13H16BrN3/c1-3-17-8-7-15-13(17)9-16-12-6-4-5-11(14)10(12)2/h4-8,16H,3,9H2,1-2H3. The minimum atomic E-state index is 0.748. The quantitative estimate of drug-likeness (QED) is 0.934. The SMILES string of the molecule is CCn1ccnc1CNc1cccc(Br)c1C. The van der Waals surface area contributed by atoms with Crippen LogP contribution in [0.3, 0.4) is 0 Å². The van der Waals surface area contributed by atoms with Crippen LogP contribution >= 0.6 is 15.9 Å². The first kappa shape index (κ1) is 12.2. The Morgan fingerprint density at radius 1 is 1.41 bits per heavy atom. The average Bonchev–Trinajstić information content (AvgIpc) is 2.78. The van der Waals surface area contributed by atoms with Gasteiger partial charge >= 0.3 is 0 Å². The van der Waals surface area contributed by atoms with E-state index >= 15 is 0 Å². The number of imidazole rings is 1. The Labute approximate surface area is 110 Å². The third kappa shape index (κ3) is 2.69. The molecule has 1 heterocycles. The van der Waals surface area contributed by atoms with Crippen molar-refractivity contribution in [2.75, 3.05) is 5.32 Å². The lowest BCUT2D eigenvalue weighted by Gasteiger charge is -2.11. The molecule has 0 fully saturated rings. The lowest BCUT2D eigenvalue weighted by atomic mass is 10.2. The Balaban J connectivity index is 2.10. The summed E-state index contributed by atoms with van der Waals surface area (Å²) >= 11 is 3.53. The van der Waals surface area contributed by atoms with Crippen LogP contribution in [0.2, 0.25) is 0 Å². The molecular formula is C13H16BrN3. The maximum atomic E-state index is 4.34. The largest absolute Gasteiger partial charge is 0.378 e. The molecule has 3 nitrogen and oxygen atoms in total. The van der Waals surface area contributed by atoms with E-state index in [4.69, 9.17) is 0 Å². The molecule has 17 heavy (non-hydrogen) atoms. The van der Waals surface area contributed by atoms with Crippen LogP contribution in [-0.2, 0) is 13.1 Å². The molecule has 0 aliphatic heterocycles. The summed E-state index contributed by atoms with van der Waals surface area (Å²) in [5.41, 5.74) is 2.37. The molecule has 4 heteroatoms. The van der Waals surface area contributed by atoms with E-state index in [1.54, 1.807) is 0 Å². The van der Waals surface area contributed by atoms with Crippen LogP contribution in [0.25, 0.3) is 0 Å². The van der Waals surface area contributed by atoms with Gasteiger partial charge in [-0.25, -0.2) is 4.98 Å². The molecule has 2 rings (SSSR count). The van der Waals surface area contributed by atoms with E-state index in [2.05, 4.69) is 50.7 Å². The van der Waals surface area contributed by atoms with Gasteiger partial charge in [0, 0.05) is 29.1 Å². The van der Waals surface area contributed by atoms with Crippen LogP contribution < -0.4 is 5.32 Å². The Morgan fingerprint density at radius 2 is 2.24 bits per heavy atom. The molecule has 0 radical (unpaired) electrons. The van der Waals surface area contributed by atoms with Crippen molar-refractivity contribution < 1.29 is 0 Å². The van der Waals surface area contributed by atoms with Gasteiger partial charge < -0.3 is 9.88 Å². The van der Waals surface area contributed by atoms with Gasteiger partial charge in [0.1, 0.15) is 5.82 Å². The molecule has 0 bridgehead atoms. The highest BCUT2D eigenvalue weighted by Crippen LogP contribution is 2.23. The molecule has 0 spiro atoms. The summed E-state index contributed by atoms with van der Waals surface area (Å²) in [6, 6.07) is 6.17. The molecular weight excluding hydrogens is 278 g/mol. The van der Waals surface area contributed by atoms with E-state index < -0.39 is 0 Å². The van der Waals surface area contributed by atoms with Crippen molar-refractivity contribution in [3.63, 3.8) is 0 Å². The van der Waals surface area contributed by atoms with Crippen LogP contribution in [0.5, 0.6) is 0 Å². The zero-order valence-corrected chi connectivity index (χ0v) is 11.7. The van der Waals surface area contributed by atoms with Crippen molar-refractivity contribution in [3.05, 3.63) is 46.5 Å². The highest BCUT2D eigenvalue weighted by molar-refractivity contribution is 9.10. The lowest BCUT2D eigenvalue weighted by Crippen LogP contribution is -2.08. The third-order valence-corrected chi connectivity index (χ3v) is 3.71. The van der Waals surface area contributed by atoms with Crippen LogP contribution in [-0.4, -0.2) is 9.55 Å². The summed E-state index contributed by atoms with van der Waals surface area (Å²) in [5.74, 6) is 1.06. The van der Waals surface area contributed by atoms with Crippen LogP contribution in [0.15, 0.2) is 35.1 Å². The fourth-order valence-electron chi connectivity index (χ4n) is 1.77. The maximum Gasteiger partial charge on any atom is 0.128 e. The highest BCUT2D eigenvalue weighted by atomic mass is 79.9. The van der Waals surface area contributed by atoms with Gasteiger partial charge in [0.05, 0.1) is 6.54 Å². The van der Waals surface area contributed by atoms with Gasteiger partial charge in [0.25, 0.3) is 0 Å². The number of anilines is 1. The summed E-state index contributed by atoms with van der Waals surface area (Å²) in [5, 5.41) is 3.42. The van der Waals surface area contributed by atoms with Gasteiger partial charge in [0.2, 0.25) is 0 Å². The fourth-order valence-corrected chi connectivity index (χ4v) is 2.13. The Bertz CT molecular complexity index is 505. The van der Waals surface area contributed by atoms with Gasteiger partial charge in [-0.3, -0.25) is 0 Å². The van der Waals surface area contributed by atoms with E-state index in [-0.39, 0.29) is 0 Å². The summed E-state index contributed by atoms with van der Waals surface area (Å²) in [6.07, 6.45) is 3.85. The zero-order chi connectivity index (χ0) is 12.3. The normalized spacial score (nSPS) is 10.5. The second-order valence-corrected chi connectivity index (χ2v) is 4.75. The van der Waals surface area contributed by atoms with Gasteiger partial charge in [-0.15, -0.1) is 0 Å². The van der Waals surface area contributed by atoms with E-state index in [1.807, 2.05) is 24.5 Å². The number of hydrogen-bond acceptors (Lipinski definition) is 2. The number of aromatic nitrogens is 2. The number of aryl methyl sites for hydroxylation is 1. The van der Waals surface area contributed by atoms with Gasteiger partial charge in [-0.2, -0.15) is 0 Å². The van der Waals surface area contributed by atoms with Crippen LogP contribution in [0, 0.1) is 6.92 Å². The monoisotopic (exact) mass is 293 g/mol. The Hall–Kier alpha value is -1.29. The highest BCUT2D eigenvalue weighted by Gasteiger charge is 2.04. The van der Waals surface area contributed by atoms with Crippen molar-refractivity contribution in [3.8, 4) is 0 Å². The molecule has 0 aliphatic rings. The smallest absolute Gasteiger partial charge is 0.128 e. The van der Waals surface area contributed by atoms with Crippen LogP contribution in [0.4, 0.5) is 5.69 Å². The molecule has 2 aromatic rings. The minimum Gasteiger partial charge on any atom is -0.378 e. The predicted octanol–water partition coefficient (Wildman–Crippen LogP) is 3.59. The number of nitrogens with zero attached hydrogens (tertiary/aromatic N) is 2.